The third kappa shape index (κ3) is 3.91. The number of carbonyl (C=O) groups is 1. The van der Waals surface area contributed by atoms with Gasteiger partial charge in [0.25, 0.3) is 5.91 Å². The van der Waals surface area contributed by atoms with Crippen molar-refractivity contribution in [1.29, 1.82) is 0 Å². The number of halogens is 1. The Morgan fingerprint density at radius 1 is 1.17 bits per heavy atom. The van der Waals surface area contributed by atoms with E-state index < -0.39 is 0 Å². The Bertz CT molecular complexity index is 555. The van der Waals surface area contributed by atoms with Crippen molar-refractivity contribution in [3.8, 4) is 0 Å². The highest BCUT2D eigenvalue weighted by molar-refractivity contribution is 5.93. The van der Waals surface area contributed by atoms with Crippen molar-refractivity contribution in [3.05, 3.63) is 11.4 Å². The van der Waals surface area contributed by atoms with Crippen LogP contribution in [0.1, 0.15) is 68.2 Å². The molecule has 2 fully saturated rings. The average Bonchev–Trinajstić information content (AvgIpc) is 2.85. The summed E-state index contributed by atoms with van der Waals surface area (Å²) in [6.45, 7) is 9.22. The van der Waals surface area contributed by atoms with Crippen molar-refractivity contribution in [1.82, 2.24) is 25.2 Å². The molecule has 7 heteroatoms. The highest BCUT2D eigenvalue weighted by Gasteiger charge is 2.30. The number of nitrogens with one attached hydrogen (secondary N) is 1. The minimum atomic E-state index is 0. The second-order valence-corrected chi connectivity index (χ2v) is 7.29. The van der Waals surface area contributed by atoms with Gasteiger partial charge < -0.3 is 10.2 Å². The second kappa shape index (κ2) is 8.30. The Hall–Kier alpha value is -1.14. The molecule has 3 rings (SSSR count). The lowest BCUT2D eigenvalue weighted by Crippen LogP contribution is -2.40. The lowest BCUT2D eigenvalue weighted by molar-refractivity contribution is 0.0670. The highest BCUT2D eigenvalue weighted by atomic mass is 35.5. The Morgan fingerprint density at radius 2 is 1.88 bits per heavy atom. The maximum absolute atomic E-state index is 13.0. The first-order chi connectivity index (χ1) is 11.1. The van der Waals surface area contributed by atoms with E-state index in [1.807, 2.05) is 16.5 Å². The van der Waals surface area contributed by atoms with Crippen molar-refractivity contribution in [2.45, 2.75) is 65.0 Å². The van der Waals surface area contributed by atoms with Crippen molar-refractivity contribution in [2.75, 3.05) is 19.6 Å². The molecule has 0 radical (unpaired) electrons. The normalized spacial score (nSPS) is 25.9. The number of rotatable bonds is 2. The fourth-order valence-corrected chi connectivity index (χ4v) is 3.88. The molecule has 2 saturated heterocycles. The lowest BCUT2D eigenvalue weighted by atomic mass is 10.1. The van der Waals surface area contributed by atoms with Crippen LogP contribution >= 0.6 is 12.4 Å². The fraction of sp³-hybridized carbons (Fsp3) is 0.824. The van der Waals surface area contributed by atoms with Crippen LogP contribution in [0, 0.1) is 12.8 Å². The zero-order chi connectivity index (χ0) is 16.4. The minimum Gasteiger partial charge on any atom is -0.334 e. The number of amides is 1. The van der Waals surface area contributed by atoms with Crippen molar-refractivity contribution in [2.24, 2.45) is 5.92 Å². The van der Waals surface area contributed by atoms with Gasteiger partial charge in [-0.2, -0.15) is 0 Å². The number of hydrogen-bond donors (Lipinski definition) is 1. The maximum Gasteiger partial charge on any atom is 0.276 e. The third-order valence-electron chi connectivity index (χ3n) is 5.40. The lowest BCUT2D eigenvalue weighted by Gasteiger charge is -2.28. The largest absolute Gasteiger partial charge is 0.334 e. The van der Waals surface area contributed by atoms with Crippen molar-refractivity contribution in [3.63, 3.8) is 0 Å². The molecule has 2 unspecified atom stereocenters. The number of hydrogen-bond acceptors (Lipinski definition) is 4. The van der Waals surface area contributed by atoms with Crippen LogP contribution in [-0.4, -0.2) is 51.5 Å². The molecule has 136 valence electrons. The molecule has 2 atom stereocenters. The summed E-state index contributed by atoms with van der Waals surface area (Å²) in [5.41, 5.74) is 1.47. The number of carbonyl (C=O) groups excluding carboxylic acids is 1. The van der Waals surface area contributed by atoms with E-state index in [-0.39, 0.29) is 24.4 Å². The van der Waals surface area contributed by atoms with Crippen LogP contribution in [0.4, 0.5) is 0 Å². The molecule has 1 amide bonds. The molecule has 1 aromatic heterocycles. The van der Waals surface area contributed by atoms with Gasteiger partial charge in [0.2, 0.25) is 0 Å². The second-order valence-electron chi connectivity index (χ2n) is 7.29. The summed E-state index contributed by atoms with van der Waals surface area (Å²) in [7, 11) is 0. The number of piperidine rings is 1. The van der Waals surface area contributed by atoms with Gasteiger partial charge >= 0.3 is 0 Å². The van der Waals surface area contributed by atoms with Crippen LogP contribution in [0.2, 0.25) is 0 Å². The van der Waals surface area contributed by atoms with Gasteiger partial charge in [-0.15, -0.1) is 17.5 Å². The highest BCUT2D eigenvalue weighted by Crippen LogP contribution is 2.25. The molecule has 2 aliphatic heterocycles. The van der Waals surface area contributed by atoms with E-state index in [1.165, 1.54) is 12.8 Å². The zero-order valence-corrected chi connectivity index (χ0v) is 15.8. The maximum atomic E-state index is 13.0. The Morgan fingerprint density at radius 3 is 2.58 bits per heavy atom. The van der Waals surface area contributed by atoms with Gasteiger partial charge in [-0.25, -0.2) is 4.68 Å². The molecule has 1 N–H and O–H groups in total. The average molecular weight is 356 g/mol. The van der Waals surface area contributed by atoms with E-state index in [0.29, 0.717) is 17.7 Å². The van der Waals surface area contributed by atoms with Crippen LogP contribution in [0.3, 0.4) is 0 Å². The SMILES string of the molecule is Cc1c(C(=O)N2CC(C)CCCC2C)nnn1C1CCNCC1.Cl. The molecule has 24 heavy (non-hydrogen) atoms. The van der Waals surface area contributed by atoms with Crippen LogP contribution < -0.4 is 5.32 Å². The Labute approximate surface area is 150 Å². The summed E-state index contributed by atoms with van der Waals surface area (Å²) in [4.78, 5) is 15.0. The van der Waals surface area contributed by atoms with Crippen molar-refractivity contribution >= 4 is 18.3 Å². The van der Waals surface area contributed by atoms with Gasteiger partial charge in [-0.3, -0.25) is 4.79 Å². The first kappa shape index (κ1) is 19.2. The summed E-state index contributed by atoms with van der Waals surface area (Å²) in [5, 5.41) is 11.9. The van der Waals surface area contributed by atoms with E-state index in [1.54, 1.807) is 0 Å². The standard InChI is InChI=1S/C17H29N5O.ClH/c1-12-5-4-6-13(2)21(11-12)17(23)16-14(3)22(20-19-16)15-7-9-18-10-8-15;/h12-13,15,18H,4-11H2,1-3H3;1H. The molecule has 0 saturated carbocycles. The van der Waals surface area contributed by atoms with Crippen LogP contribution in [0.25, 0.3) is 0 Å². The zero-order valence-electron chi connectivity index (χ0n) is 15.0. The number of aromatic nitrogens is 3. The third-order valence-corrected chi connectivity index (χ3v) is 5.40. The quantitative estimate of drug-likeness (QED) is 0.885. The molecule has 0 aromatic carbocycles. The topological polar surface area (TPSA) is 63.1 Å². The van der Waals surface area contributed by atoms with Gasteiger partial charge in [0.15, 0.2) is 5.69 Å². The van der Waals surface area contributed by atoms with Gasteiger partial charge in [-0.1, -0.05) is 18.6 Å². The molecule has 0 bridgehead atoms. The van der Waals surface area contributed by atoms with Gasteiger partial charge in [0.05, 0.1) is 11.7 Å². The first-order valence-corrected chi connectivity index (χ1v) is 9.01. The van der Waals surface area contributed by atoms with E-state index in [9.17, 15) is 4.79 Å². The summed E-state index contributed by atoms with van der Waals surface area (Å²) < 4.78 is 1.97. The molecular formula is C17H30ClN5O. The summed E-state index contributed by atoms with van der Waals surface area (Å²) >= 11 is 0. The van der Waals surface area contributed by atoms with Crippen molar-refractivity contribution < 1.29 is 4.79 Å². The van der Waals surface area contributed by atoms with Crippen LogP contribution in [0.5, 0.6) is 0 Å². The summed E-state index contributed by atoms with van der Waals surface area (Å²) in [5.74, 6) is 0.618. The summed E-state index contributed by atoms with van der Waals surface area (Å²) in [6.07, 6.45) is 5.59. The van der Waals surface area contributed by atoms with Gasteiger partial charge in [0.1, 0.15) is 0 Å². The number of likely N-dealkylation sites (tertiary alicyclic amines) is 1. The van der Waals surface area contributed by atoms with E-state index in [2.05, 4.69) is 29.5 Å². The molecule has 2 aliphatic rings. The minimum absolute atomic E-state index is 0. The number of nitrogens with zero attached hydrogens (tertiary/aromatic N) is 4. The smallest absolute Gasteiger partial charge is 0.276 e. The van der Waals surface area contributed by atoms with Gasteiger partial charge in [0, 0.05) is 12.6 Å². The molecule has 6 nitrogen and oxygen atoms in total. The van der Waals surface area contributed by atoms with E-state index in [0.717, 1.165) is 44.6 Å². The monoisotopic (exact) mass is 355 g/mol. The molecule has 0 spiro atoms. The van der Waals surface area contributed by atoms with E-state index in [4.69, 9.17) is 0 Å². The van der Waals surface area contributed by atoms with Crippen LogP contribution in [-0.2, 0) is 0 Å². The van der Waals surface area contributed by atoms with Crippen LogP contribution in [0.15, 0.2) is 0 Å². The predicted molar refractivity (Wildman–Crippen MR) is 96.7 cm³/mol. The molecule has 3 heterocycles. The fourth-order valence-electron chi connectivity index (χ4n) is 3.88. The predicted octanol–water partition coefficient (Wildman–Crippen LogP) is 2.58. The summed E-state index contributed by atoms with van der Waals surface area (Å²) in [6, 6.07) is 0.654. The van der Waals surface area contributed by atoms with Gasteiger partial charge in [-0.05, 0) is 58.5 Å². The van der Waals surface area contributed by atoms with E-state index >= 15 is 0 Å². The Balaban J connectivity index is 0.00000208. The Kier molecular flexibility index (Phi) is 6.63. The first-order valence-electron chi connectivity index (χ1n) is 9.01. The molecular weight excluding hydrogens is 326 g/mol. The molecule has 0 aliphatic carbocycles. The molecule has 1 aromatic rings.